The second kappa shape index (κ2) is 8.54. The number of amides is 1. The van der Waals surface area contributed by atoms with E-state index in [1.165, 1.54) is 38.4 Å². The van der Waals surface area contributed by atoms with Crippen LogP contribution in [0, 0.1) is 12.7 Å². The van der Waals surface area contributed by atoms with E-state index in [-0.39, 0.29) is 29.2 Å². The molecule has 0 atom stereocenters. The zero-order chi connectivity index (χ0) is 23.7. The number of anilines is 2. The number of carbonyl (C=O) groups is 1. The van der Waals surface area contributed by atoms with E-state index in [4.69, 9.17) is 0 Å². The Hall–Kier alpha value is -3.54. The quantitative estimate of drug-likeness (QED) is 0.542. The zero-order valence-corrected chi connectivity index (χ0v) is 17.5. The maximum Gasteiger partial charge on any atom is 0.416 e. The van der Waals surface area contributed by atoms with Gasteiger partial charge in [-0.3, -0.25) is 14.5 Å². The average molecular weight is 468 g/mol. The maximum absolute atomic E-state index is 14.1. The van der Waals surface area contributed by atoms with Crippen molar-refractivity contribution in [1.29, 1.82) is 0 Å². The summed E-state index contributed by atoms with van der Waals surface area (Å²) in [5.41, 5.74) is -0.197. The number of hydrogen-bond acceptors (Lipinski definition) is 5. The van der Waals surface area contributed by atoms with Crippen molar-refractivity contribution in [2.24, 2.45) is 0 Å². The summed E-state index contributed by atoms with van der Waals surface area (Å²) in [5.74, 6) is -1.42. The smallest absolute Gasteiger partial charge is 0.311 e. The van der Waals surface area contributed by atoms with Crippen LogP contribution in [0.1, 0.15) is 18.2 Å². The Morgan fingerprint density at radius 3 is 2.41 bits per heavy atom. The fourth-order valence-corrected chi connectivity index (χ4v) is 3.95. The van der Waals surface area contributed by atoms with E-state index < -0.39 is 32.5 Å². The molecule has 0 fully saturated rings. The third-order valence-corrected chi connectivity index (χ3v) is 5.66. The number of pyridine rings is 2. The Morgan fingerprint density at radius 1 is 1.03 bits per heavy atom. The molecule has 0 saturated heterocycles. The van der Waals surface area contributed by atoms with Crippen LogP contribution in [-0.2, 0) is 21.0 Å². The molecule has 0 radical (unpaired) electrons. The lowest BCUT2D eigenvalue weighted by atomic mass is 10.1. The first-order valence-corrected chi connectivity index (χ1v) is 10.5. The van der Waals surface area contributed by atoms with Gasteiger partial charge in [0.1, 0.15) is 16.5 Å². The number of benzene rings is 1. The number of nitrogens with zero attached hydrogens (tertiary/aromatic N) is 2. The van der Waals surface area contributed by atoms with Crippen molar-refractivity contribution < 1.29 is 30.8 Å². The fraction of sp³-hybridized carbons (Fsp3) is 0.150. The van der Waals surface area contributed by atoms with Gasteiger partial charge in [-0.25, -0.2) is 17.8 Å². The van der Waals surface area contributed by atoms with Crippen molar-refractivity contribution >= 4 is 27.4 Å². The van der Waals surface area contributed by atoms with Crippen molar-refractivity contribution in [3.05, 3.63) is 65.9 Å². The standard InChI is InChI=1S/C20H16F4N4O3S/c1-11-17(7-14(10-26-11)13-5-6-25-19(8-13)27-12(2)29)28-32(30,31)18-9-15(20(22,23)24)3-4-16(18)21/h3-10,28H,1-2H3,(H,25,27,29). The lowest BCUT2D eigenvalue weighted by molar-refractivity contribution is -0.137. The highest BCUT2D eigenvalue weighted by molar-refractivity contribution is 7.92. The molecule has 32 heavy (non-hydrogen) atoms. The van der Waals surface area contributed by atoms with Crippen molar-refractivity contribution in [3.63, 3.8) is 0 Å². The van der Waals surface area contributed by atoms with Gasteiger partial charge in [-0.05, 0) is 48.9 Å². The monoisotopic (exact) mass is 468 g/mol. The van der Waals surface area contributed by atoms with Crippen LogP contribution in [0.5, 0.6) is 0 Å². The number of hydrogen-bond donors (Lipinski definition) is 2. The Kier molecular flexibility index (Phi) is 6.17. The number of rotatable bonds is 5. The van der Waals surface area contributed by atoms with E-state index in [0.29, 0.717) is 23.3 Å². The SMILES string of the molecule is CC(=O)Nc1cc(-c2cnc(C)c(NS(=O)(=O)c3cc(C(F)(F)F)ccc3F)c2)ccn1. The highest BCUT2D eigenvalue weighted by Crippen LogP contribution is 2.33. The molecular formula is C20H16F4N4O3S. The van der Waals surface area contributed by atoms with Gasteiger partial charge in [-0.15, -0.1) is 0 Å². The molecule has 3 aromatic rings. The van der Waals surface area contributed by atoms with Crippen LogP contribution in [0.25, 0.3) is 11.1 Å². The van der Waals surface area contributed by atoms with Crippen LogP contribution in [0.4, 0.5) is 29.1 Å². The Morgan fingerprint density at radius 2 is 1.75 bits per heavy atom. The van der Waals surface area contributed by atoms with Gasteiger partial charge in [-0.2, -0.15) is 13.2 Å². The average Bonchev–Trinajstić information content (AvgIpc) is 2.68. The van der Waals surface area contributed by atoms with Gasteiger partial charge in [0.05, 0.1) is 16.9 Å². The zero-order valence-electron chi connectivity index (χ0n) is 16.7. The molecule has 0 saturated carbocycles. The summed E-state index contributed by atoms with van der Waals surface area (Å²) in [6, 6.07) is 5.63. The van der Waals surface area contributed by atoms with Gasteiger partial charge in [-0.1, -0.05) is 0 Å². The van der Waals surface area contributed by atoms with Gasteiger partial charge < -0.3 is 5.32 Å². The summed E-state index contributed by atoms with van der Waals surface area (Å²) in [4.78, 5) is 18.2. The molecule has 12 heteroatoms. The molecular weight excluding hydrogens is 452 g/mol. The summed E-state index contributed by atoms with van der Waals surface area (Å²) < 4.78 is 80.4. The summed E-state index contributed by atoms with van der Waals surface area (Å²) in [6.07, 6.45) is -1.99. The number of alkyl halides is 3. The molecule has 0 spiro atoms. The van der Waals surface area contributed by atoms with E-state index in [1.54, 1.807) is 6.07 Å². The van der Waals surface area contributed by atoms with Gasteiger partial charge in [0, 0.05) is 24.9 Å². The Labute approximate surface area is 180 Å². The fourth-order valence-electron chi connectivity index (χ4n) is 2.74. The molecule has 0 aliphatic heterocycles. The molecule has 2 heterocycles. The number of carbonyl (C=O) groups excluding carboxylic acids is 1. The highest BCUT2D eigenvalue weighted by atomic mass is 32.2. The summed E-state index contributed by atoms with van der Waals surface area (Å²) in [5, 5.41) is 2.51. The van der Waals surface area contributed by atoms with Gasteiger partial charge in [0.25, 0.3) is 10.0 Å². The molecule has 0 unspecified atom stereocenters. The minimum atomic E-state index is -4.84. The molecule has 1 aromatic carbocycles. The summed E-state index contributed by atoms with van der Waals surface area (Å²) in [6.45, 7) is 2.78. The topological polar surface area (TPSA) is 101 Å². The highest BCUT2D eigenvalue weighted by Gasteiger charge is 2.33. The number of sulfonamides is 1. The summed E-state index contributed by atoms with van der Waals surface area (Å²) in [7, 11) is -4.71. The molecule has 2 aromatic heterocycles. The van der Waals surface area contributed by atoms with E-state index in [0.717, 1.165) is 0 Å². The molecule has 7 nitrogen and oxygen atoms in total. The first-order chi connectivity index (χ1) is 14.9. The normalized spacial score (nSPS) is 11.8. The van der Waals surface area contributed by atoms with Crippen molar-refractivity contribution in [3.8, 4) is 11.1 Å². The van der Waals surface area contributed by atoms with Gasteiger partial charge >= 0.3 is 6.18 Å². The summed E-state index contributed by atoms with van der Waals surface area (Å²) >= 11 is 0. The maximum atomic E-state index is 14.1. The van der Waals surface area contributed by atoms with Gasteiger partial charge in [0.2, 0.25) is 5.91 Å². The lowest BCUT2D eigenvalue weighted by Gasteiger charge is -2.14. The van der Waals surface area contributed by atoms with Crippen LogP contribution < -0.4 is 10.0 Å². The number of nitrogens with one attached hydrogen (secondary N) is 2. The van der Waals surface area contributed by atoms with Crippen LogP contribution in [0.3, 0.4) is 0 Å². The van der Waals surface area contributed by atoms with E-state index in [1.807, 2.05) is 0 Å². The first kappa shape index (κ1) is 23.1. The minimum Gasteiger partial charge on any atom is -0.311 e. The van der Waals surface area contributed by atoms with E-state index in [2.05, 4.69) is 20.0 Å². The van der Waals surface area contributed by atoms with Crippen molar-refractivity contribution in [2.45, 2.75) is 24.9 Å². The molecule has 168 valence electrons. The molecule has 1 amide bonds. The number of halogens is 4. The van der Waals surface area contributed by atoms with E-state index >= 15 is 0 Å². The molecule has 3 rings (SSSR count). The van der Waals surface area contributed by atoms with Crippen LogP contribution in [0.15, 0.2) is 53.7 Å². The molecule has 2 N–H and O–H groups in total. The van der Waals surface area contributed by atoms with Gasteiger partial charge in [0.15, 0.2) is 0 Å². The van der Waals surface area contributed by atoms with Crippen LogP contribution >= 0.6 is 0 Å². The second-order valence-corrected chi connectivity index (χ2v) is 8.37. The molecule has 0 aliphatic carbocycles. The third kappa shape index (κ3) is 5.19. The van der Waals surface area contributed by atoms with Crippen molar-refractivity contribution in [1.82, 2.24) is 9.97 Å². The number of aryl methyl sites for hydroxylation is 1. The second-order valence-electron chi connectivity index (χ2n) is 6.72. The molecule has 0 aliphatic rings. The Bertz CT molecular complexity index is 1290. The Balaban J connectivity index is 1.99. The predicted octanol–water partition coefficient (Wildman–Crippen LogP) is 4.37. The van der Waals surface area contributed by atoms with Crippen LogP contribution in [-0.4, -0.2) is 24.3 Å². The first-order valence-electron chi connectivity index (χ1n) is 8.97. The largest absolute Gasteiger partial charge is 0.416 e. The van der Waals surface area contributed by atoms with Crippen LogP contribution in [0.2, 0.25) is 0 Å². The van der Waals surface area contributed by atoms with E-state index in [9.17, 15) is 30.8 Å². The third-order valence-electron chi connectivity index (χ3n) is 4.28. The predicted molar refractivity (Wildman–Crippen MR) is 109 cm³/mol. The molecule has 0 bridgehead atoms. The number of aromatic nitrogens is 2. The minimum absolute atomic E-state index is 0.0581. The van der Waals surface area contributed by atoms with Crippen molar-refractivity contribution in [2.75, 3.05) is 10.0 Å². The lowest BCUT2D eigenvalue weighted by Crippen LogP contribution is -2.17.